The minimum atomic E-state index is -5.16. The highest BCUT2D eigenvalue weighted by Crippen LogP contribution is 2.47. The zero-order chi connectivity index (χ0) is 52.1. The molecule has 0 bridgehead atoms. The molecule has 13 nitrogen and oxygen atoms in total. The number of hydrogen-bond donors (Lipinski definition) is 6. The van der Waals surface area contributed by atoms with Gasteiger partial charge in [0.1, 0.15) is 43.2 Å². The smallest absolute Gasteiger partial charge is 0.462 e. The molecule has 1 aliphatic carbocycles. The van der Waals surface area contributed by atoms with Gasteiger partial charge < -0.3 is 39.9 Å². The van der Waals surface area contributed by atoms with Crippen molar-refractivity contribution in [2.24, 2.45) is 0 Å². The average molecular weight is 1020 g/mol. The second-order valence-corrected chi connectivity index (χ2v) is 20.1. The molecule has 0 heterocycles. The zero-order valence-corrected chi connectivity index (χ0v) is 44.6. The maximum absolute atomic E-state index is 12.9. The van der Waals surface area contributed by atoms with E-state index in [9.17, 15) is 44.6 Å². The molecule has 14 heteroatoms. The number of carbonyl (C=O) groups is 2. The minimum Gasteiger partial charge on any atom is -0.462 e. The molecule has 0 aromatic heterocycles. The van der Waals surface area contributed by atoms with E-state index in [-0.39, 0.29) is 12.8 Å². The second-order valence-electron chi connectivity index (χ2n) is 18.7. The monoisotopic (exact) mass is 1020 g/mol. The Labute approximate surface area is 428 Å². The van der Waals surface area contributed by atoms with E-state index in [2.05, 4.69) is 80.7 Å². The third kappa shape index (κ3) is 37.4. The van der Waals surface area contributed by atoms with Gasteiger partial charge >= 0.3 is 19.8 Å². The van der Waals surface area contributed by atoms with Crippen molar-refractivity contribution >= 4 is 19.8 Å². The lowest BCUT2D eigenvalue weighted by atomic mass is 9.85. The van der Waals surface area contributed by atoms with Gasteiger partial charge in [0.05, 0.1) is 6.61 Å². The number of unbranched alkanes of at least 4 members (excludes halogenated alkanes) is 19. The SMILES string of the molecule is CC/C=C/C/C=C/C/C=C/C/C=C/C/C=C/C/C=C/CCC(=O)O[C@@H](COC(=O)CCC/C=C/CCCCCCCCCCCCCCCCCCCC)COP(=O)(O)OC1C(O)C(O)C(O)[C@H](O)C1O. The molecule has 0 aromatic rings. The molecule has 0 spiro atoms. The number of rotatable bonds is 45. The van der Waals surface area contributed by atoms with Crippen LogP contribution in [-0.4, -0.2) is 98.3 Å². The molecule has 0 radical (unpaired) electrons. The molecular weight excluding hydrogens is 924 g/mol. The van der Waals surface area contributed by atoms with Crippen LogP contribution in [0.3, 0.4) is 0 Å². The van der Waals surface area contributed by atoms with Crippen LogP contribution in [0.2, 0.25) is 0 Å². The Hall–Kier alpha value is -2.97. The summed E-state index contributed by atoms with van der Waals surface area (Å²) in [5.41, 5.74) is 0. The summed E-state index contributed by atoms with van der Waals surface area (Å²) in [7, 11) is -5.16. The van der Waals surface area contributed by atoms with Crippen molar-refractivity contribution in [3.63, 3.8) is 0 Å². The predicted molar refractivity (Wildman–Crippen MR) is 285 cm³/mol. The number of phosphoric ester groups is 1. The Morgan fingerprint density at radius 1 is 0.451 bits per heavy atom. The third-order valence-corrected chi connectivity index (χ3v) is 13.2. The van der Waals surface area contributed by atoms with Gasteiger partial charge in [-0.05, 0) is 70.6 Å². The lowest BCUT2D eigenvalue weighted by Gasteiger charge is -2.41. The van der Waals surface area contributed by atoms with Crippen LogP contribution < -0.4 is 0 Å². The van der Waals surface area contributed by atoms with E-state index >= 15 is 0 Å². The summed E-state index contributed by atoms with van der Waals surface area (Å²) in [6.45, 7) is 3.13. The molecule has 6 unspecified atom stereocenters. The number of phosphoric acid groups is 1. The fourth-order valence-electron chi connectivity index (χ4n) is 7.91. The summed E-state index contributed by atoms with van der Waals surface area (Å²) in [6, 6.07) is 0. The van der Waals surface area contributed by atoms with Gasteiger partial charge in [0.25, 0.3) is 0 Å². The van der Waals surface area contributed by atoms with Crippen LogP contribution in [0.5, 0.6) is 0 Å². The molecule has 1 saturated carbocycles. The number of aliphatic hydroxyl groups is 5. The fourth-order valence-corrected chi connectivity index (χ4v) is 8.88. The number of aliphatic hydroxyl groups excluding tert-OH is 5. The normalized spacial score (nSPS) is 21.3. The standard InChI is InChI=1S/C57H97O13P/c1-3-5-7-9-11-13-15-17-19-21-23-24-25-26-28-29-31-33-35-37-39-41-43-45-50(58)67-47-49(48-68-71(65,66)70-57-55(63)53(61)52(60)54(62)56(57)64)69-51(59)46-44-42-40-38-36-34-32-30-27-22-20-18-16-14-12-10-8-6-4-2/h6,8,12,14,18,20,27,30,34,36-37,39-40,42,49,52-57,60-64H,3-5,7,9-11,13,15-17,19,21-26,28-29,31-33,35,38,41,43-48H2,1-2H3,(H,65,66)/b8-6+,14-12+,20-18+,30-27+,36-34+,39-37+,42-40+/t49-,52?,53-,54?,55?,56?,57?/m0/s1. The highest BCUT2D eigenvalue weighted by Gasteiger charge is 2.51. The second kappa shape index (κ2) is 45.6. The Balaban J connectivity index is 2.42. The van der Waals surface area contributed by atoms with Crippen LogP contribution in [0.25, 0.3) is 0 Å². The molecular formula is C57H97O13P. The zero-order valence-electron chi connectivity index (χ0n) is 43.7. The first-order valence-corrected chi connectivity index (χ1v) is 28.9. The van der Waals surface area contributed by atoms with Crippen LogP contribution in [-0.2, 0) is 32.7 Å². The van der Waals surface area contributed by atoms with Gasteiger partial charge in [-0.1, -0.05) is 208 Å². The van der Waals surface area contributed by atoms with E-state index in [1.54, 1.807) is 0 Å². The van der Waals surface area contributed by atoms with Crippen molar-refractivity contribution in [1.29, 1.82) is 0 Å². The van der Waals surface area contributed by atoms with Gasteiger partial charge in [0, 0.05) is 12.8 Å². The molecule has 1 aliphatic rings. The number of esters is 2. The Kier molecular flexibility index (Phi) is 42.4. The van der Waals surface area contributed by atoms with Crippen molar-refractivity contribution in [3.05, 3.63) is 85.1 Å². The van der Waals surface area contributed by atoms with Crippen LogP contribution in [0.15, 0.2) is 85.1 Å². The maximum atomic E-state index is 12.9. The van der Waals surface area contributed by atoms with E-state index in [4.69, 9.17) is 18.5 Å². The molecule has 0 amide bonds. The van der Waals surface area contributed by atoms with Gasteiger partial charge in [-0.2, -0.15) is 0 Å². The molecule has 1 rings (SSSR count). The molecule has 71 heavy (non-hydrogen) atoms. The molecule has 0 aliphatic heterocycles. The van der Waals surface area contributed by atoms with Gasteiger partial charge in [-0.15, -0.1) is 0 Å². The largest absolute Gasteiger partial charge is 0.472 e. The van der Waals surface area contributed by atoms with E-state index in [0.717, 1.165) is 44.9 Å². The van der Waals surface area contributed by atoms with E-state index in [1.165, 1.54) is 109 Å². The quantitative estimate of drug-likeness (QED) is 0.0145. The summed E-state index contributed by atoms with van der Waals surface area (Å²) < 4.78 is 33.5. The van der Waals surface area contributed by atoms with Crippen LogP contribution >= 0.6 is 7.82 Å². The van der Waals surface area contributed by atoms with E-state index in [1.807, 2.05) is 18.2 Å². The molecule has 6 N–H and O–H groups in total. The first-order valence-electron chi connectivity index (χ1n) is 27.4. The summed E-state index contributed by atoms with van der Waals surface area (Å²) in [6.07, 6.45) is 48.0. The van der Waals surface area contributed by atoms with E-state index < -0.39 is 75.7 Å². The fraction of sp³-hybridized carbons (Fsp3) is 0.719. The van der Waals surface area contributed by atoms with Gasteiger partial charge in [0.2, 0.25) is 0 Å². The predicted octanol–water partition coefficient (Wildman–Crippen LogP) is 12.4. The first-order chi connectivity index (χ1) is 34.4. The molecule has 0 saturated heterocycles. The van der Waals surface area contributed by atoms with Gasteiger partial charge in [-0.3, -0.25) is 18.6 Å². The van der Waals surface area contributed by atoms with Crippen molar-refractivity contribution < 1.29 is 63.1 Å². The first kappa shape index (κ1) is 66.0. The number of ether oxygens (including phenoxy) is 2. The average Bonchev–Trinajstić information content (AvgIpc) is 3.35. The number of carbonyl (C=O) groups excluding carboxylic acids is 2. The summed E-state index contributed by atoms with van der Waals surface area (Å²) >= 11 is 0. The topological polar surface area (TPSA) is 210 Å². The van der Waals surface area contributed by atoms with Crippen molar-refractivity contribution in [2.75, 3.05) is 13.2 Å². The van der Waals surface area contributed by atoms with Crippen molar-refractivity contribution in [1.82, 2.24) is 0 Å². The lowest BCUT2D eigenvalue weighted by molar-refractivity contribution is -0.220. The molecule has 1 fully saturated rings. The third-order valence-electron chi connectivity index (χ3n) is 12.2. The lowest BCUT2D eigenvalue weighted by Crippen LogP contribution is -2.64. The Morgan fingerprint density at radius 3 is 1.28 bits per heavy atom. The van der Waals surface area contributed by atoms with Gasteiger partial charge in [-0.25, -0.2) is 4.57 Å². The van der Waals surface area contributed by atoms with Crippen molar-refractivity contribution in [2.45, 2.75) is 249 Å². The molecule has 408 valence electrons. The minimum absolute atomic E-state index is 0.0374. The molecule has 8 atom stereocenters. The maximum Gasteiger partial charge on any atom is 0.472 e. The number of hydrogen-bond acceptors (Lipinski definition) is 12. The van der Waals surface area contributed by atoms with Gasteiger partial charge in [0.15, 0.2) is 6.10 Å². The Bertz CT molecular complexity index is 1560. The highest BCUT2D eigenvalue weighted by molar-refractivity contribution is 7.47. The van der Waals surface area contributed by atoms with Crippen LogP contribution in [0.1, 0.15) is 206 Å². The number of allylic oxidation sites excluding steroid dienone is 14. The van der Waals surface area contributed by atoms with E-state index in [0.29, 0.717) is 25.7 Å². The van der Waals surface area contributed by atoms with Crippen molar-refractivity contribution in [3.8, 4) is 0 Å². The summed E-state index contributed by atoms with van der Waals surface area (Å²) in [5.74, 6) is -1.24. The van der Waals surface area contributed by atoms with Crippen LogP contribution in [0.4, 0.5) is 0 Å². The summed E-state index contributed by atoms with van der Waals surface area (Å²) in [5, 5.41) is 50.3. The highest BCUT2D eigenvalue weighted by atomic mass is 31.2. The molecule has 0 aromatic carbocycles. The Morgan fingerprint density at radius 2 is 0.831 bits per heavy atom. The van der Waals surface area contributed by atoms with Crippen LogP contribution in [0, 0.1) is 0 Å². The summed E-state index contributed by atoms with van der Waals surface area (Å²) in [4.78, 5) is 35.8.